The van der Waals surface area contributed by atoms with Crippen LogP contribution in [-0.2, 0) is 4.74 Å². The number of anilines is 1. The molecule has 1 saturated heterocycles. The van der Waals surface area contributed by atoms with Gasteiger partial charge in [0.1, 0.15) is 4.88 Å². The predicted molar refractivity (Wildman–Crippen MR) is 69.4 cm³/mol. The maximum atomic E-state index is 10.7. The Morgan fingerprint density at radius 2 is 2.29 bits per heavy atom. The lowest BCUT2D eigenvalue weighted by molar-refractivity contribution is 0.0459. The summed E-state index contributed by atoms with van der Waals surface area (Å²) in [6.07, 6.45) is 3.12. The molecule has 0 N–H and O–H groups in total. The van der Waals surface area contributed by atoms with Crippen molar-refractivity contribution in [2.45, 2.75) is 25.9 Å². The van der Waals surface area contributed by atoms with Gasteiger partial charge >= 0.3 is 0 Å². The van der Waals surface area contributed by atoms with Crippen molar-refractivity contribution < 1.29 is 9.53 Å². The molecule has 0 amide bonds. The number of piperidine rings is 1. The predicted octanol–water partition coefficient (Wildman–Crippen LogP) is 2.61. The van der Waals surface area contributed by atoms with Gasteiger partial charge < -0.3 is 9.64 Å². The number of hydrogen-bond acceptors (Lipinski definition) is 5. The Labute approximate surface area is 110 Å². The van der Waals surface area contributed by atoms with Crippen LogP contribution >= 0.6 is 22.9 Å². The van der Waals surface area contributed by atoms with Crippen molar-refractivity contribution >= 4 is 34.4 Å². The molecule has 1 aliphatic rings. The molecular formula is C11H15ClN2O2S. The molecule has 94 valence electrons. The van der Waals surface area contributed by atoms with Crippen LogP contribution in [0.3, 0.4) is 0 Å². The molecule has 1 fully saturated rings. The van der Waals surface area contributed by atoms with Gasteiger partial charge in [-0.3, -0.25) is 4.79 Å². The lowest BCUT2D eigenvalue weighted by Gasteiger charge is -2.31. The second kappa shape index (κ2) is 5.80. The highest BCUT2D eigenvalue weighted by Gasteiger charge is 2.22. The quantitative estimate of drug-likeness (QED) is 0.792. The fourth-order valence-corrected chi connectivity index (χ4v) is 3.07. The van der Waals surface area contributed by atoms with Crippen LogP contribution in [0.2, 0.25) is 5.15 Å². The normalized spacial score (nSPS) is 17.4. The van der Waals surface area contributed by atoms with Gasteiger partial charge in [0, 0.05) is 19.7 Å². The number of thiazole rings is 1. The lowest BCUT2D eigenvalue weighted by Crippen LogP contribution is -2.36. The number of ether oxygens (including phenoxy) is 1. The molecule has 0 radical (unpaired) electrons. The second-order valence-corrected chi connectivity index (χ2v) is 5.28. The Balaban J connectivity index is 1.97. The first-order valence-electron chi connectivity index (χ1n) is 5.72. The summed E-state index contributed by atoms with van der Waals surface area (Å²) in [7, 11) is 0. The number of halogens is 1. The van der Waals surface area contributed by atoms with Crippen LogP contribution in [-0.4, -0.2) is 37.1 Å². The maximum absolute atomic E-state index is 10.7. The Morgan fingerprint density at radius 3 is 2.82 bits per heavy atom. The van der Waals surface area contributed by atoms with Gasteiger partial charge in [0.25, 0.3) is 0 Å². The molecule has 0 aromatic carbocycles. The third-order valence-corrected chi connectivity index (χ3v) is 4.26. The molecule has 1 aromatic heterocycles. The molecule has 0 saturated carbocycles. The van der Waals surface area contributed by atoms with E-state index in [9.17, 15) is 4.79 Å². The van der Waals surface area contributed by atoms with Crippen molar-refractivity contribution in [2.75, 3.05) is 24.6 Å². The maximum Gasteiger partial charge on any atom is 0.187 e. The zero-order chi connectivity index (χ0) is 12.3. The average molecular weight is 275 g/mol. The first-order chi connectivity index (χ1) is 8.24. The van der Waals surface area contributed by atoms with Crippen LogP contribution in [0.1, 0.15) is 29.4 Å². The van der Waals surface area contributed by atoms with Crippen LogP contribution in [0, 0.1) is 0 Å². The highest BCUT2D eigenvalue weighted by Crippen LogP contribution is 2.30. The fourth-order valence-electron chi connectivity index (χ4n) is 1.96. The van der Waals surface area contributed by atoms with Gasteiger partial charge in [-0.15, -0.1) is 0 Å². The molecule has 0 atom stereocenters. The molecule has 2 rings (SSSR count). The Bertz CT molecular complexity index is 389. The minimum atomic E-state index is 0.312. The van der Waals surface area contributed by atoms with E-state index in [1.807, 2.05) is 6.92 Å². The highest BCUT2D eigenvalue weighted by atomic mass is 35.5. The third kappa shape index (κ3) is 2.97. The zero-order valence-electron chi connectivity index (χ0n) is 9.69. The van der Waals surface area contributed by atoms with E-state index in [2.05, 4.69) is 9.88 Å². The Hall–Kier alpha value is -0.650. The van der Waals surface area contributed by atoms with Crippen molar-refractivity contribution in [3.8, 4) is 0 Å². The summed E-state index contributed by atoms with van der Waals surface area (Å²) in [5.41, 5.74) is 0. The summed E-state index contributed by atoms with van der Waals surface area (Å²) in [6, 6.07) is 0. The first-order valence-corrected chi connectivity index (χ1v) is 6.92. The van der Waals surface area contributed by atoms with Crippen LogP contribution in [0.4, 0.5) is 5.13 Å². The third-order valence-electron chi connectivity index (χ3n) is 2.82. The van der Waals surface area contributed by atoms with Gasteiger partial charge in [0.05, 0.1) is 6.10 Å². The van der Waals surface area contributed by atoms with Gasteiger partial charge in [-0.05, 0) is 19.8 Å². The summed E-state index contributed by atoms with van der Waals surface area (Å²) in [4.78, 5) is 17.6. The summed E-state index contributed by atoms with van der Waals surface area (Å²) in [6.45, 7) is 4.60. The molecule has 1 aromatic rings. The van der Waals surface area contributed by atoms with Gasteiger partial charge in [-0.2, -0.15) is 0 Å². The smallest absolute Gasteiger partial charge is 0.187 e. The summed E-state index contributed by atoms with van der Waals surface area (Å²) in [5.74, 6) is 0. The summed E-state index contributed by atoms with van der Waals surface area (Å²) >= 11 is 7.21. The van der Waals surface area contributed by atoms with E-state index in [4.69, 9.17) is 16.3 Å². The van der Waals surface area contributed by atoms with Crippen molar-refractivity contribution in [2.24, 2.45) is 0 Å². The topological polar surface area (TPSA) is 42.4 Å². The van der Waals surface area contributed by atoms with Crippen molar-refractivity contribution in [3.05, 3.63) is 10.0 Å². The van der Waals surface area contributed by atoms with Gasteiger partial charge in [-0.1, -0.05) is 22.9 Å². The van der Waals surface area contributed by atoms with Crippen LogP contribution < -0.4 is 4.90 Å². The van der Waals surface area contributed by atoms with Crippen molar-refractivity contribution in [1.82, 2.24) is 4.98 Å². The summed E-state index contributed by atoms with van der Waals surface area (Å²) in [5, 5.41) is 1.15. The Morgan fingerprint density at radius 1 is 1.59 bits per heavy atom. The van der Waals surface area contributed by atoms with Crippen molar-refractivity contribution in [1.29, 1.82) is 0 Å². The van der Waals surface area contributed by atoms with E-state index in [0.29, 0.717) is 16.1 Å². The largest absolute Gasteiger partial charge is 0.378 e. The van der Waals surface area contributed by atoms with E-state index >= 15 is 0 Å². The minimum absolute atomic E-state index is 0.312. The number of nitrogens with zero attached hydrogens (tertiary/aromatic N) is 2. The molecule has 17 heavy (non-hydrogen) atoms. The molecule has 6 heteroatoms. The van der Waals surface area contributed by atoms with Gasteiger partial charge in [-0.25, -0.2) is 4.98 Å². The fraction of sp³-hybridized carbons (Fsp3) is 0.636. The van der Waals surface area contributed by atoms with Crippen LogP contribution in [0.5, 0.6) is 0 Å². The molecular weight excluding hydrogens is 260 g/mol. The molecule has 0 bridgehead atoms. The summed E-state index contributed by atoms with van der Waals surface area (Å²) < 4.78 is 5.59. The second-order valence-electron chi connectivity index (χ2n) is 3.91. The number of aromatic nitrogens is 1. The monoisotopic (exact) mass is 274 g/mol. The van der Waals surface area contributed by atoms with Gasteiger partial charge in [0.2, 0.25) is 0 Å². The standard InChI is InChI=1S/C11H15ClN2O2S/c1-2-16-8-3-5-14(6-4-8)11-13-10(12)9(7-15)17-11/h7-8H,2-6H2,1H3. The van der Waals surface area contributed by atoms with Crippen LogP contribution in [0.25, 0.3) is 0 Å². The van der Waals surface area contributed by atoms with E-state index in [0.717, 1.165) is 44.0 Å². The number of carbonyl (C=O) groups excluding carboxylic acids is 1. The molecule has 0 spiro atoms. The van der Waals surface area contributed by atoms with E-state index in [1.165, 1.54) is 11.3 Å². The van der Waals surface area contributed by atoms with Crippen molar-refractivity contribution in [3.63, 3.8) is 0 Å². The highest BCUT2D eigenvalue weighted by molar-refractivity contribution is 7.17. The Kier molecular flexibility index (Phi) is 4.36. The number of rotatable bonds is 4. The number of carbonyl (C=O) groups is 1. The number of aldehydes is 1. The molecule has 2 heterocycles. The lowest BCUT2D eigenvalue weighted by atomic mass is 10.1. The van der Waals surface area contributed by atoms with Gasteiger partial charge in [0.15, 0.2) is 16.6 Å². The SMILES string of the molecule is CCOC1CCN(c2nc(Cl)c(C=O)s2)CC1. The van der Waals surface area contributed by atoms with E-state index in [-0.39, 0.29) is 0 Å². The molecule has 0 aliphatic carbocycles. The molecule has 1 aliphatic heterocycles. The first kappa shape index (κ1) is 12.8. The number of hydrogen-bond donors (Lipinski definition) is 0. The zero-order valence-corrected chi connectivity index (χ0v) is 11.3. The molecule has 4 nitrogen and oxygen atoms in total. The minimum Gasteiger partial charge on any atom is -0.378 e. The van der Waals surface area contributed by atoms with Crippen LogP contribution in [0.15, 0.2) is 0 Å². The average Bonchev–Trinajstić information content (AvgIpc) is 2.72. The van der Waals surface area contributed by atoms with E-state index in [1.54, 1.807) is 0 Å². The molecule has 0 unspecified atom stereocenters. The van der Waals surface area contributed by atoms with E-state index < -0.39 is 0 Å².